The lowest BCUT2D eigenvalue weighted by atomic mass is 10.3. The van der Waals surface area contributed by atoms with Crippen LogP contribution in [0.4, 0.5) is 22.2 Å². The summed E-state index contributed by atoms with van der Waals surface area (Å²) in [5, 5.41) is 3.28. The minimum atomic E-state index is -0.260. The van der Waals surface area contributed by atoms with Crippen molar-refractivity contribution in [2.45, 2.75) is 13.8 Å². The predicted molar refractivity (Wildman–Crippen MR) is 104 cm³/mol. The highest BCUT2D eigenvalue weighted by atomic mass is 16.6. The van der Waals surface area contributed by atoms with Gasteiger partial charge in [0.1, 0.15) is 11.6 Å². The highest BCUT2D eigenvalue weighted by molar-refractivity contribution is 5.68. The van der Waals surface area contributed by atoms with Gasteiger partial charge in [-0.05, 0) is 44.2 Å². The lowest BCUT2D eigenvalue weighted by Crippen LogP contribution is -2.49. The van der Waals surface area contributed by atoms with Gasteiger partial charge in [0.05, 0.1) is 13.2 Å². The van der Waals surface area contributed by atoms with Gasteiger partial charge in [-0.15, -0.1) is 0 Å². The molecule has 1 saturated heterocycles. The first-order chi connectivity index (χ1) is 13.2. The molecule has 3 rings (SSSR count). The molecule has 1 amide bonds. The highest BCUT2D eigenvalue weighted by Gasteiger charge is 2.23. The van der Waals surface area contributed by atoms with Crippen LogP contribution in [-0.4, -0.2) is 60.4 Å². The van der Waals surface area contributed by atoms with Crippen LogP contribution in [0.15, 0.2) is 36.5 Å². The van der Waals surface area contributed by atoms with E-state index < -0.39 is 0 Å². The van der Waals surface area contributed by atoms with Crippen molar-refractivity contribution in [3.63, 3.8) is 0 Å². The summed E-state index contributed by atoms with van der Waals surface area (Å²) in [7, 11) is 0. The molecule has 0 bridgehead atoms. The van der Waals surface area contributed by atoms with Crippen LogP contribution in [0.5, 0.6) is 5.75 Å². The normalized spacial score (nSPS) is 14.0. The predicted octanol–water partition coefficient (Wildman–Crippen LogP) is 2.90. The molecule has 1 N–H and O–H groups in total. The minimum absolute atomic E-state index is 0.260. The number of hydrogen-bond acceptors (Lipinski definition) is 7. The lowest BCUT2D eigenvalue weighted by Gasteiger charge is -2.34. The van der Waals surface area contributed by atoms with Crippen LogP contribution in [0.25, 0.3) is 0 Å². The number of nitrogens with zero attached hydrogens (tertiary/aromatic N) is 4. The first kappa shape index (κ1) is 18.8. The van der Waals surface area contributed by atoms with Gasteiger partial charge >= 0.3 is 6.09 Å². The maximum atomic E-state index is 11.8. The highest BCUT2D eigenvalue weighted by Crippen LogP contribution is 2.20. The van der Waals surface area contributed by atoms with Gasteiger partial charge < -0.3 is 24.6 Å². The number of rotatable bonds is 6. The van der Waals surface area contributed by atoms with E-state index in [4.69, 9.17) is 9.47 Å². The van der Waals surface area contributed by atoms with Crippen molar-refractivity contribution >= 4 is 23.5 Å². The molecule has 144 valence electrons. The van der Waals surface area contributed by atoms with Crippen LogP contribution in [0.3, 0.4) is 0 Å². The molecule has 1 fully saturated rings. The van der Waals surface area contributed by atoms with Gasteiger partial charge in [-0.25, -0.2) is 9.78 Å². The molecule has 27 heavy (non-hydrogen) atoms. The zero-order valence-corrected chi connectivity index (χ0v) is 15.7. The summed E-state index contributed by atoms with van der Waals surface area (Å²) in [6.07, 6.45) is 1.47. The summed E-state index contributed by atoms with van der Waals surface area (Å²) < 4.78 is 10.5. The summed E-state index contributed by atoms with van der Waals surface area (Å²) >= 11 is 0. The van der Waals surface area contributed by atoms with Crippen LogP contribution in [-0.2, 0) is 4.74 Å². The standard InChI is InChI=1S/C19H25N5O3/c1-3-26-16-7-5-15(6-8-16)21-17-9-10-20-18(22-17)23-11-13-24(14-12-23)19(25)27-4-2/h5-10H,3-4,11-14H2,1-2H3,(H,20,21,22). The number of nitrogens with one attached hydrogen (secondary N) is 1. The first-order valence-electron chi connectivity index (χ1n) is 9.19. The Morgan fingerprint density at radius 1 is 1.07 bits per heavy atom. The molecule has 1 aliphatic heterocycles. The molecule has 0 radical (unpaired) electrons. The molecule has 0 spiro atoms. The Kier molecular flexibility index (Phi) is 6.30. The molecule has 1 aromatic heterocycles. The van der Waals surface area contributed by atoms with Crippen molar-refractivity contribution in [2.24, 2.45) is 0 Å². The van der Waals surface area contributed by atoms with Gasteiger partial charge in [0, 0.05) is 38.1 Å². The summed E-state index contributed by atoms with van der Waals surface area (Å²) in [5.41, 5.74) is 0.926. The fourth-order valence-electron chi connectivity index (χ4n) is 2.82. The summed E-state index contributed by atoms with van der Waals surface area (Å²) in [4.78, 5) is 24.5. The number of piperazine rings is 1. The maximum Gasteiger partial charge on any atom is 0.409 e. The van der Waals surface area contributed by atoms with E-state index in [1.165, 1.54) is 0 Å². The molecule has 8 nitrogen and oxygen atoms in total. The molecular formula is C19H25N5O3. The quantitative estimate of drug-likeness (QED) is 0.836. The van der Waals surface area contributed by atoms with Crippen molar-refractivity contribution in [3.05, 3.63) is 36.5 Å². The average molecular weight is 371 g/mol. The van der Waals surface area contributed by atoms with Crippen LogP contribution in [0.1, 0.15) is 13.8 Å². The molecule has 1 aromatic carbocycles. The van der Waals surface area contributed by atoms with Gasteiger partial charge in [-0.2, -0.15) is 4.98 Å². The molecule has 2 aromatic rings. The van der Waals surface area contributed by atoms with Gasteiger partial charge in [-0.3, -0.25) is 0 Å². The number of amides is 1. The lowest BCUT2D eigenvalue weighted by molar-refractivity contribution is 0.105. The Bertz CT molecular complexity index is 745. The number of aromatic nitrogens is 2. The van der Waals surface area contributed by atoms with Crippen molar-refractivity contribution in [2.75, 3.05) is 49.6 Å². The molecule has 2 heterocycles. The second kappa shape index (κ2) is 9.07. The van der Waals surface area contributed by atoms with Crippen molar-refractivity contribution in [1.29, 1.82) is 0 Å². The average Bonchev–Trinajstić information content (AvgIpc) is 2.70. The minimum Gasteiger partial charge on any atom is -0.494 e. The monoisotopic (exact) mass is 371 g/mol. The molecule has 0 saturated carbocycles. The van der Waals surface area contributed by atoms with Gasteiger partial charge in [0.15, 0.2) is 0 Å². The number of benzene rings is 1. The van der Waals surface area contributed by atoms with Crippen molar-refractivity contribution in [1.82, 2.24) is 14.9 Å². The number of carbonyl (C=O) groups excluding carboxylic acids is 1. The third-order valence-electron chi connectivity index (χ3n) is 4.17. The van der Waals surface area contributed by atoms with Gasteiger partial charge in [0.25, 0.3) is 0 Å². The van der Waals surface area contributed by atoms with E-state index in [2.05, 4.69) is 20.2 Å². The van der Waals surface area contributed by atoms with Gasteiger partial charge in [0.2, 0.25) is 5.95 Å². The number of carbonyl (C=O) groups is 1. The number of anilines is 3. The Morgan fingerprint density at radius 2 is 1.81 bits per heavy atom. The van der Waals surface area contributed by atoms with E-state index in [9.17, 15) is 4.79 Å². The second-order valence-corrected chi connectivity index (χ2v) is 6.00. The molecule has 1 aliphatic rings. The fraction of sp³-hybridized carbons (Fsp3) is 0.421. The smallest absolute Gasteiger partial charge is 0.409 e. The fourth-order valence-corrected chi connectivity index (χ4v) is 2.82. The van der Waals surface area contributed by atoms with Crippen LogP contribution >= 0.6 is 0 Å². The van der Waals surface area contributed by atoms with Gasteiger partial charge in [-0.1, -0.05) is 0 Å². The number of ether oxygens (including phenoxy) is 2. The summed E-state index contributed by atoms with van der Waals surface area (Å²) in [6.45, 7) is 7.34. The van der Waals surface area contributed by atoms with Crippen LogP contribution < -0.4 is 15.0 Å². The van der Waals surface area contributed by atoms with Crippen molar-refractivity contribution < 1.29 is 14.3 Å². The molecule has 8 heteroatoms. The second-order valence-electron chi connectivity index (χ2n) is 6.00. The Balaban J connectivity index is 1.60. The molecular weight excluding hydrogens is 346 g/mol. The molecule has 0 atom stereocenters. The van der Waals surface area contributed by atoms with Crippen LogP contribution in [0.2, 0.25) is 0 Å². The number of hydrogen-bond donors (Lipinski definition) is 1. The van der Waals surface area contributed by atoms with E-state index >= 15 is 0 Å². The van der Waals surface area contributed by atoms with E-state index in [1.807, 2.05) is 44.2 Å². The first-order valence-corrected chi connectivity index (χ1v) is 9.19. The Labute approximate surface area is 159 Å². The zero-order chi connectivity index (χ0) is 19.1. The summed E-state index contributed by atoms with van der Waals surface area (Å²) in [6, 6.07) is 9.57. The third kappa shape index (κ3) is 4.99. The van der Waals surface area contributed by atoms with Crippen molar-refractivity contribution in [3.8, 4) is 5.75 Å². The zero-order valence-electron chi connectivity index (χ0n) is 15.7. The van der Waals surface area contributed by atoms with E-state index in [1.54, 1.807) is 11.1 Å². The van der Waals surface area contributed by atoms with E-state index in [0.717, 1.165) is 17.3 Å². The van der Waals surface area contributed by atoms with E-state index in [-0.39, 0.29) is 6.09 Å². The Hall–Kier alpha value is -3.03. The SMILES string of the molecule is CCOC(=O)N1CCN(c2nccc(Nc3ccc(OCC)cc3)n2)CC1. The third-order valence-corrected chi connectivity index (χ3v) is 4.17. The largest absolute Gasteiger partial charge is 0.494 e. The Morgan fingerprint density at radius 3 is 2.48 bits per heavy atom. The van der Waals surface area contributed by atoms with Crippen LogP contribution in [0, 0.1) is 0 Å². The molecule has 0 unspecified atom stereocenters. The topological polar surface area (TPSA) is 79.8 Å². The molecule has 0 aliphatic carbocycles. The maximum absolute atomic E-state index is 11.8. The van der Waals surface area contributed by atoms with E-state index in [0.29, 0.717) is 45.3 Å². The summed E-state index contributed by atoms with van der Waals surface area (Å²) in [5.74, 6) is 2.21.